The SMILES string of the molecule is O=C(Nc1ccccc1C(=O)N1CCN(Cc2ccc(Cl)cc2)CC1)c1cccs1. The van der Waals surface area contributed by atoms with E-state index >= 15 is 0 Å². The molecule has 0 atom stereocenters. The van der Waals surface area contributed by atoms with Gasteiger partial charge in [0, 0.05) is 37.7 Å². The van der Waals surface area contributed by atoms with E-state index in [2.05, 4.69) is 10.2 Å². The van der Waals surface area contributed by atoms with Crippen LogP contribution in [-0.4, -0.2) is 47.8 Å². The first-order valence-electron chi connectivity index (χ1n) is 9.80. The molecule has 5 nitrogen and oxygen atoms in total. The lowest BCUT2D eigenvalue weighted by atomic mass is 10.1. The summed E-state index contributed by atoms with van der Waals surface area (Å²) in [6, 6.07) is 18.7. The summed E-state index contributed by atoms with van der Waals surface area (Å²) in [6.45, 7) is 3.75. The fraction of sp³-hybridized carbons (Fsp3) is 0.217. The Morgan fingerprint density at radius 1 is 0.933 bits per heavy atom. The summed E-state index contributed by atoms with van der Waals surface area (Å²) in [4.78, 5) is 30.4. The van der Waals surface area contributed by atoms with Crippen LogP contribution in [0.25, 0.3) is 0 Å². The highest BCUT2D eigenvalue weighted by molar-refractivity contribution is 7.12. The Kier molecular flexibility index (Phi) is 6.47. The van der Waals surface area contributed by atoms with Crippen LogP contribution in [0.4, 0.5) is 5.69 Å². The molecule has 0 spiro atoms. The first-order valence-corrected chi connectivity index (χ1v) is 11.1. The average Bonchev–Trinajstić information content (AvgIpc) is 3.31. The topological polar surface area (TPSA) is 52.7 Å². The highest BCUT2D eigenvalue weighted by atomic mass is 35.5. The lowest BCUT2D eigenvalue weighted by Crippen LogP contribution is -2.48. The largest absolute Gasteiger partial charge is 0.336 e. The summed E-state index contributed by atoms with van der Waals surface area (Å²) >= 11 is 7.33. The fourth-order valence-corrected chi connectivity index (χ4v) is 4.24. The number of amides is 2. The molecule has 1 aromatic heterocycles. The van der Waals surface area contributed by atoms with Gasteiger partial charge in [-0.15, -0.1) is 11.3 Å². The molecule has 1 saturated heterocycles. The number of benzene rings is 2. The van der Waals surface area contributed by atoms with E-state index in [0.717, 1.165) is 24.7 Å². The maximum atomic E-state index is 13.1. The van der Waals surface area contributed by atoms with Gasteiger partial charge >= 0.3 is 0 Å². The number of nitrogens with one attached hydrogen (secondary N) is 1. The predicted molar refractivity (Wildman–Crippen MR) is 121 cm³/mol. The summed E-state index contributed by atoms with van der Waals surface area (Å²) in [6.07, 6.45) is 0. The van der Waals surface area contributed by atoms with Crippen LogP contribution in [0.15, 0.2) is 66.0 Å². The first-order chi connectivity index (χ1) is 14.6. The molecule has 0 aliphatic carbocycles. The van der Waals surface area contributed by atoms with Gasteiger partial charge in [-0.25, -0.2) is 0 Å². The summed E-state index contributed by atoms with van der Waals surface area (Å²) < 4.78 is 0. The highest BCUT2D eigenvalue weighted by Crippen LogP contribution is 2.21. The van der Waals surface area contributed by atoms with E-state index in [4.69, 9.17) is 11.6 Å². The molecule has 1 aliphatic heterocycles. The van der Waals surface area contributed by atoms with Crippen molar-refractivity contribution >= 4 is 40.4 Å². The van der Waals surface area contributed by atoms with E-state index in [1.165, 1.54) is 16.9 Å². The van der Waals surface area contributed by atoms with Crippen molar-refractivity contribution in [1.82, 2.24) is 9.80 Å². The predicted octanol–water partition coefficient (Wildman–Crippen LogP) is 4.61. The second-order valence-corrected chi connectivity index (χ2v) is 8.56. The van der Waals surface area contributed by atoms with Gasteiger partial charge in [0.05, 0.1) is 16.1 Å². The molecule has 30 heavy (non-hydrogen) atoms. The molecule has 0 saturated carbocycles. The molecule has 1 aliphatic rings. The molecule has 0 radical (unpaired) electrons. The number of hydrogen-bond donors (Lipinski definition) is 1. The third-order valence-electron chi connectivity index (χ3n) is 5.13. The summed E-state index contributed by atoms with van der Waals surface area (Å²) in [5, 5.41) is 5.47. The second-order valence-electron chi connectivity index (χ2n) is 7.17. The van der Waals surface area contributed by atoms with Gasteiger partial charge in [0.1, 0.15) is 0 Å². The molecule has 0 unspecified atom stereocenters. The molecule has 1 fully saturated rings. The van der Waals surface area contributed by atoms with Gasteiger partial charge < -0.3 is 10.2 Å². The minimum absolute atomic E-state index is 0.0526. The monoisotopic (exact) mass is 439 g/mol. The molecule has 4 rings (SSSR count). The molecular formula is C23H22ClN3O2S. The van der Waals surface area contributed by atoms with Crippen molar-refractivity contribution in [3.8, 4) is 0 Å². The average molecular weight is 440 g/mol. The van der Waals surface area contributed by atoms with Crippen LogP contribution in [0, 0.1) is 0 Å². The van der Waals surface area contributed by atoms with Gasteiger partial charge in [0.15, 0.2) is 0 Å². The van der Waals surface area contributed by atoms with E-state index in [-0.39, 0.29) is 11.8 Å². The maximum absolute atomic E-state index is 13.1. The van der Waals surface area contributed by atoms with E-state index < -0.39 is 0 Å². The third-order valence-corrected chi connectivity index (χ3v) is 6.25. The van der Waals surface area contributed by atoms with Crippen LogP contribution in [-0.2, 0) is 6.54 Å². The van der Waals surface area contributed by atoms with Crippen molar-refractivity contribution in [3.63, 3.8) is 0 Å². The zero-order valence-corrected chi connectivity index (χ0v) is 18.0. The number of carbonyl (C=O) groups excluding carboxylic acids is 2. The number of halogens is 1. The zero-order valence-electron chi connectivity index (χ0n) is 16.4. The van der Waals surface area contributed by atoms with Gasteiger partial charge in [-0.2, -0.15) is 0 Å². The number of piperazine rings is 1. The Labute approximate surface area is 184 Å². The normalized spacial score (nSPS) is 14.5. The quantitative estimate of drug-likeness (QED) is 0.631. The smallest absolute Gasteiger partial charge is 0.265 e. The lowest BCUT2D eigenvalue weighted by molar-refractivity contribution is 0.0629. The number of thiophene rings is 1. The van der Waals surface area contributed by atoms with Gasteiger partial charge in [-0.05, 0) is 41.3 Å². The van der Waals surface area contributed by atoms with Gasteiger partial charge in [0.2, 0.25) is 0 Å². The first kappa shape index (κ1) is 20.6. The van der Waals surface area contributed by atoms with Crippen LogP contribution < -0.4 is 5.32 Å². The molecular weight excluding hydrogens is 418 g/mol. The van der Waals surface area contributed by atoms with E-state index in [9.17, 15) is 9.59 Å². The molecule has 154 valence electrons. The van der Waals surface area contributed by atoms with E-state index in [1.807, 2.05) is 52.7 Å². The number of hydrogen-bond acceptors (Lipinski definition) is 4. The number of anilines is 1. The molecule has 2 amide bonds. The Bertz CT molecular complexity index is 1010. The molecule has 2 heterocycles. The molecule has 1 N–H and O–H groups in total. The van der Waals surface area contributed by atoms with Crippen molar-refractivity contribution < 1.29 is 9.59 Å². The van der Waals surface area contributed by atoms with Crippen molar-refractivity contribution in [3.05, 3.63) is 87.1 Å². The van der Waals surface area contributed by atoms with Crippen molar-refractivity contribution in [1.29, 1.82) is 0 Å². The standard InChI is InChI=1S/C23H22ClN3O2S/c24-18-9-7-17(8-10-18)16-26-11-13-27(14-12-26)23(29)19-4-1-2-5-20(19)25-22(28)21-6-3-15-30-21/h1-10,15H,11-14,16H2,(H,25,28). The van der Waals surface area contributed by atoms with Crippen LogP contribution in [0.5, 0.6) is 0 Å². The Morgan fingerprint density at radius 3 is 2.37 bits per heavy atom. The van der Waals surface area contributed by atoms with E-state index in [0.29, 0.717) is 29.2 Å². The summed E-state index contributed by atoms with van der Waals surface area (Å²) in [5.41, 5.74) is 2.28. The minimum Gasteiger partial charge on any atom is -0.336 e. The zero-order chi connectivity index (χ0) is 20.9. The van der Waals surface area contributed by atoms with E-state index in [1.54, 1.807) is 18.2 Å². The van der Waals surface area contributed by atoms with Crippen molar-refractivity contribution in [2.45, 2.75) is 6.54 Å². The molecule has 3 aromatic rings. The van der Waals surface area contributed by atoms with Crippen molar-refractivity contribution in [2.75, 3.05) is 31.5 Å². The number of rotatable bonds is 5. The summed E-state index contributed by atoms with van der Waals surface area (Å²) in [7, 11) is 0. The summed E-state index contributed by atoms with van der Waals surface area (Å²) in [5.74, 6) is -0.249. The van der Waals surface area contributed by atoms with Crippen LogP contribution in [0.1, 0.15) is 25.6 Å². The van der Waals surface area contributed by atoms with Crippen molar-refractivity contribution in [2.24, 2.45) is 0 Å². The lowest BCUT2D eigenvalue weighted by Gasteiger charge is -2.35. The minimum atomic E-state index is -0.196. The molecule has 2 aromatic carbocycles. The number of carbonyl (C=O) groups is 2. The number of nitrogens with zero attached hydrogens (tertiary/aromatic N) is 2. The maximum Gasteiger partial charge on any atom is 0.265 e. The van der Waals surface area contributed by atoms with Gasteiger partial charge in [-0.3, -0.25) is 14.5 Å². The molecule has 7 heteroatoms. The molecule has 0 bridgehead atoms. The second kappa shape index (κ2) is 9.43. The fourth-order valence-electron chi connectivity index (χ4n) is 3.50. The van der Waals surface area contributed by atoms with Crippen LogP contribution in [0.3, 0.4) is 0 Å². The van der Waals surface area contributed by atoms with Gasteiger partial charge in [-0.1, -0.05) is 41.9 Å². The van der Waals surface area contributed by atoms with Crippen LogP contribution in [0.2, 0.25) is 5.02 Å². The highest BCUT2D eigenvalue weighted by Gasteiger charge is 2.24. The Hall–Kier alpha value is -2.67. The number of para-hydroxylation sites is 1. The Morgan fingerprint density at radius 2 is 1.67 bits per heavy atom. The third kappa shape index (κ3) is 4.90. The Balaban J connectivity index is 1.38. The van der Waals surface area contributed by atoms with Gasteiger partial charge in [0.25, 0.3) is 11.8 Å². The van der Waals surface area contributed by atoms with Crippen LogP contribution >= 0.6 is 22.9 Å².